The van der Waals surface area contributed by atoms with Gasteiger partial charge in [-0.05, 0) is 62.7 Å². The van der Waals surface area contributed by atoms with Crippen LogP contribution in [0.2, 0.25) is 0 Å². The molecule has 4 aliphatic rings. The molecule has 0 saturated heterocycles. The molecule has 0 aromatic rings. The molecule has 0 radical (unpaired) electrons. The van der Waals surface area contributed by atoms with Crippen LogP contribution in [-0.2, 0) is 14.3 Å². The minimum absolute atomic E-state index is 0.148. The second-order valence-electron chi connectivity index (χ2n) is 7.38. The number of carboxylic acids is 1. The van der Waals surface area contributed by atoms with E-state index in [1.54, 1.807) is 6.92 Å². The summed E-state index contributed by atoms with van der Waals surface area (Å²) in [7, 11) is 0. The zero-order valence-electron chi connectivity index (χ0n) is 12.0. The summed E-state index contributed by atoms with van der Waals surface area (Å²) in [4.78, 5) is 23.1. The summed E-state index contributed by atoms with van der Waals surface area (Å²) in [6, 6.07) is 0. The highest BCUT2D eigenvalue weighted by molar-refractivity contribution is 5.87. The Balaban J connectivity index is 1.85. The number of aliphatic carboxylic acids is 1. The second-order valence-corrected chi connectivity index (χ2v) is 7.38. The van der Waals surface area contributed by atoms with Crippen LogP contribution in [0, 0.1) is 17.3 Å². The third-order valence-corrected chi connectivity index (χ3v) is 5.31. The molecule has 1 N–H and O–H groups in total. The molecule has 0 aliphatic heterocycles. The second kappa shape index (κ2) is 4.34. The summed E-state index contributed by atoms with van der Waals surface area (Å²) < 4.78 is 5.79. The van der Waals surface area contributed by atoms with Crippen LogP contribution in [0.1, 0.15) is 51.9 Å². The molecular formula is C16H22O4. The van der Waals surface area contributed by atoms with E-state index in [9.17, 15) is 14.7 Å². The number of carboxylic acid groups (broad SMARTS) is 1. The van der Waals surface area contributed by atoms with Crippen molar-refractivity contribution in [2.75, 3.05) is 0 Å². The van der Waals surface area contributed by atoms with Gasteiger partial charge in [0.15, 0.2) is 0 Å². The van der Waals surface area contributed by atoms with Crippen LogP contribution in [0.5, 0.6) is 0 Å². The lowest BCUT2D eigenvalue weighted by Crippen LogP contribution is -2.57. The van der Waals surface area contributed by atoms with Gasteiger partial charge in [0.05, 0.1) is 6.42 Å². The first-order valence-electron chi connectivity index (χ1n) is 7.42. The zero-order valence-corrected chi connectivity index (χ0v) is 12.0. The molecule has 0 aromatic carbocycles. The van der Waals surface area contributed by atoms with E-state index in [0.29, 0.717) is 17.4 Å². The maximum absolute atomic E-state index is 11.9. The average Bonchev–Trinajstić information content (AvgIpc) is 2.23. The van der Waals surface area contributed by atoms with Gasteiger partial charge in [-0.1, -0.05) is 6.58 Å². The van der Waals surface area contributed by atoms with Gasteiger partial charge in [0.2, 0.25) is 0 Å². The summed E-state index contributed by atoms with van der Waals surface area (Å²) in [5, 5.41) is 9.21. The predicted molar refractivity (Wildman–Crippen MR) is 73.0 cm³/mol. The number of carbonyl (C=O) groups is 2. The molecule has 110 valence electrons. The van der Waals surface area contributed by atoms with E-state index < -0.39 is 11.6 Å². The van der Waals surface area contributed by atoms with Gasteiger partial charge in [-0.3, -0.25) is 4.79 Å². The fourth-order valence-corrected chi connectivity index (χ4v) is 5.30. The molecule has 0 aromatic heterocycles. The van der Waals surface area contributed by atoms with Crippen molar-refractivity contribution in [1.82, 2.24) is 0 Å². The topological polar surface area (TPSA) is 63.6 Å². The zero-order chi connectivity index (χ0) is 14.5. The van der Waals surface area contributed by atoms with Crippen molar-refractivity contribution in [2.45, 2.75) is 57.5 Å². The lowest BCUT2D eigenvalue weighted by atomic mass is 9.47. The van der Waals surface area contributed by atoms with E-state index in [1.165, 1.54) is 6.42 Å². The Kier molecular flexibility index (Phi) is 2.96. The molecule has 4 bridgehead atoms. The molecule has 4 fully saturated rings. The third-order valence-electron chi connectivity index (χ3n) is 5.31. The Bertz CT molecular complexity index is 465. The minimum Gasteiger partial charge on any atom is -0.481 e. The third kappa shape index (κ3) is 2.25. The fraction of sp³-hybridized carbons (Fsp3) is 0.750. The van der Waals surface area contributed by atoms with E-state index in [1.807, 2.05) is 0 Å². The Morgan fingerprint density at radius 2 is 1.85 bits per heavy atom. The van der Waals surface area contributed by atoms with Gasteiger partial charge in [0.1, 0.15) is 5.60 Å². The van der Waals surface area contributed by atoms with Crippen molar-refractivity contribution in [3.63, 3.8) is 0 Å². The molecule has 4 saturated carbocycles. The number of carbonyl (C=O) groups excluding carboxylic acids is 1. The standard InChI is InChI=1S/C16H22O4/c1-10(2)14(19)20-16-6-11-3-12(7-16)5-15(4-11,9-16)8-13(17)18/h11-12H,1,3-9H2,2H3,(H,17,18). The number of esters is 1. The fourth-order valence-electron chi connectivity index (χ4n) is 5.30. The van der Waals surface area contributed by atoms with E-state index in [4.69, 9.17) is 4.74 Å². The lowest BCUT2D eigenvalue weighted by Gasteiger charge is -2.61. The number of hydrogen-bond donors (Lipinski definition) is 1. The molecule has 4 nitrogen and oxygen atoms in total. The Hall–Kier alpha value is -1.32. The summed E-state index contributed by atoms with van der Waals surface area (Å²) >= 11 is 0. The number of rotatable bonds is 4. The van der Waals surface area contributed by atoms with Crippen LogP contribution in [0.25, 0.3) is 0 Å². The van der Waals surface area contributed by atoms with Crippen LogP contribution in [0.15, 0.2) is 12.2 Å². The lowest BCUT2D eigenvalue weighted by molar-refractivity contribution is -0.200. The number of ether oxygens (including phenoxy) is 1. The summed E-state index contributed by atoms with van der Waals surface area (Å²) in [6.45, 7) is 5.31. The molecule has 4 aliphatic carbocycles. The molecule has 0 amide bonds. The molecule has 0 heterocycles. The molecule has 0 spiro atoms. The maximum atomic E-state index is 11.9. The van der Waals surface area contributed by atoms with Crippen LogP contribution in [-0.4, -0.2) is 22.6 Å². The molecule has 2 atom stereocenters. The van der Waals surface area contributed by atoms with Gasteiger partial charge in [0.25, 0.3) is 0 Å². The quantitative estimate of drug-likeness (QED) is 0.634. The van der Waals surface area contributed by atoms with Gasteiger partial charge in [-0.2, -0.15) is 0 Å². The van der Waals surface area contributed by atoms with Crippen LogP contribution in [0.3, 0.4) is 0 Å². The monoisotopic (exact) mass is 278 g/mol. The first-order chi connectivity index (χ1) is 9.31. The highest BCUT2D eigenvalue weighted by atomic mass is 16.6. The highest BCUT2D eigenvalue weighted by Crippen LogP contribution is 2.64. The minimum atomic E-state index is -0.728. The smallest absolute Gasteiger partial charge is 0.333 e. The summed E-state index contributed by atoms with van der Waals surface area (Å²) in [5.41, 5.74) is -0.145. The van der Waals surface area contributed by atoms with Crippen molar-refractivity contribution in [3.8, 4) is 0 Å². The van der Waals surface area contributed by atoms with E-state index >= 15 is 0 Å². The SMILES string of the molecule is C=C(C)C(=O)OC12CC3CC(CC(CC(=O)O)(C3)C1)C2. The highest BCUT2D eigenvalue weighted by Gasteiger charge is 2.59. The van der Waals surface area contributed by atoms with Crippen molar-refractivity contribution in [2.24, 2.45) is 17.3 Å². The molecule has 20 heavy (non-hydrogen) atoms. The Morgan fingerprint density at radius 1 is 1.25 bits per heavy atom. The van der Waals surface area contributed by atoms with E-state index in [2.05, 4.69) is 6.58 Å². The van der Waals surface area contributed by atoms with Crippen LogP contribution >= 0.6 is 0 Å². The molecule has 4 rings (SSSR count). The van der Waals surface area contributed by atoms with Gasteiger partial charge in [-0.25, -0.2) is 4.79 Å². The largest absolute Gasteiger partial charge is 0.481 e. The van der Waals surface area contributed by atoms with Gasteiger partial charge >= 0.3 is 11.9 Å². The average molecular weight is 278 g/mol. The normalized spacial score (nSPS) is 41.5. The van der Waals surface area contributed by atoms with Crippen LogP contribution < -0.4 is 0 Å². The van der Waals surface area contributed by atoms with E-state index in [-0.39, 0.29) is 17.8 Å². The first-order valence-corrected chi connectivity index (χ1v) is 7.42. The Morgan fingerprint density at radius 3 is 2.35 bits per heavy atom. The van der Waals surface area contributed by atoms with Gasteiger partial charge in [-0.15, -0.1) is 0 Å². The van der Waals surface area contributed by atoms with Crippen molar-refractivity contribution >= 4 is 11.9 Å². The molecule has 4 heteroatoms. The van der Waals surface area contributed by atoms with Crippen molar-refractivity contribution < 1.29 is 19.4 Å². The van der Waals surface area contributed by atoms with Crippen molar-refractivity contribution in [1.29, 1.82) is 0 Å². The predicted octanol–water partition coefficient (Wildman–Crippen LogP) is 2.92. The summed E-state index contributed by atoms with van der Waals surface area (Å²) in [5.74, 6) is -0.00667. The maximum Gasteiger partial charge on any atom is 0.333 e. The molecule has 2 unspecified atom stereocenters. The van der Waals surface area contributed by atoms with Crippen LogP contribution in [0.4, 0.5) is 0 Å². The van der Waals surface area contributed by atoms with Crippen molar-refractivity contribution in [3.05, 3.63) is 12.2 Å². The first kappa shape index (κ1) is 13.7. The Labute approximate surface area is 119 Å². The number of hydrogen-bond acceptors (Lipinski definition) is 3. The van der Waals surface area contributed by atoms with E-state index in [0.717, 1.165) is 32.1 Å². The summed E-state index contributed by atoms with van der Waals surface area (Å²) in [6.07, 6.45) is 5.90. The van der Waals surface area contributed by atoms with Gasteiger partial charge < -0.3 is 9.84 Å². The molecular weight excluding hydrogens is 256 g/mol. The van der Waals surface area contributed by atoms with Gasteiger partial charge in [0, 0.05) is 5.57 Å².